The summed E-state index contributed by atoms with van der Waals surface area (Å²) in [4.78, 5) is 29.2. The fourth-order valence-electron chi connectivity index (χ4n) is 3.50. The number of carbonyl (C=O) groups is 2. The molecule has 0 aliphatic carbocycles. The number of benzene rings is 2. The highest BCUT2D eigenvalue weighted by molar-refractivity contribution is 5.98. The summed E-state index contributed by atoms with van der Waals surface area (Å²) in [5.41, 5.74) is 2.48. The Labute approximate surface area is 164 Å². The standard InChI is InChI=1S/C22H24N2O4/c1-16-2-4-17(5-3-16)22(26)24-10-8-23(9-11-24)15-19(25)18-6-7-20-21(14-18)28-13-12-27-20/h2-7,14H,8-13,15H2,1H3. The molecule has 1 fully saturated rings. The zero-order valence-electron chi connectivity index (χ0n) is 16.0. The highest BCUT2D eigenvalue weighted by Crippen LogP contribution is 2.30. The van der Waals surface area contributed by atoms with Gasteiger partial charge < -0.3 is 14.4 Å². The van der Waals surface area contributed by atoms with E-state index in [1.54, 1.807) is 18.2 Å². The van der Waals surface area contributed by atoms with E-state index in [-0.39, 0.29) is 11.7 Å². The van der Waals surface area contributed by atoms with Crippen molar-refractivity contribution in [2.45, 2.75) is 6.92 Å². The third-order valence-electron chi connectivity index (χ3n) is 5.19. The average molecular weight is 380 g/mol. The van der Waals surface area contributed by atoms with E-state index in [9.17, 15) is 9.59 Å². The summed E-state index contributed by atoms with van der Waals surface area (Å²) in [6.07, 6.45) is 0. The number of ether oxygens (including phenoxy) is 2. The molecule has 2 aliphatic heterocycles. The Morgan fingerprint density at radius 3 is 2.21 bits per heavy atom. The van der Waals surface area contributed by atoms with Crippen LogP contribution in [0.1, 0.15) is 26.3 Å². The van der Waals surface area contributed by atoms with Gasteiger partial charge in [-0.15, -0.1) is 0 Å². The van der Waals surface area contributed by atoms with Gasteiger partial charge in [0.1, 0.15) is 13.2 Å². The molecule has 1 amide bonds. The zero-order valence-corrected chi connectivity index (χ0v) is 16.0. The summed E-state index contributed by atoms with van der Waals surface area (Å²) in [5.74, 6) is 1.42. The summed E-state index contributed by atoms with van der Waals surface area (Å²) in [6, 6.07) is 13.0. The molecule has 0 aromatic heterocycles. The summed E-state index contributed by atoms with van der Waals surface area (Å²) in [6.45, 7) is 6.01. The minimum Gasteiger partial charge on any atom is -0.486 e. The van der Waals surface area contributed by atoms with E-state index in [4.69, 9.17) is 9.47 Å². The van der Waals surface area contributed by atoms with Crippen LogP contribution in [0.3, 0.4) is 0 Å². The molecule has 4 rings (SSSR count). The maximum absolute atomic E-state index is 12.6. The normalized spacial score (nSPS) is 16.7. The van der Waals surface area contributed by atoms with Crippen molar-refractivity contribution < 1.29 is 19.1 Å². The van der Waals surface area contributed by atoms with Gasteiger partial charge >= 0.3 is 0 Å². The lowest BCUT2D eigenvalue weighted by molar-refractivity contribution is 0.0624. The molecule has 28 heavy (non-hydrogen) atoms. The van der Waals surface area contributed by atoms with Crippen molar-refractivity contribution in [2.24, 2.45) is 0 Å². The fraction of sp³-hybridized carbons (Fsp3) is 0.364. The van der Waals surface area contributed by atoms with Gasteiger partial charge in [-0.25, -0.2) is 0 Å². The van der Waals surface area contributed by atoms with E-state index in [1.165, 1.54) is 0 Å². The third kappa shape index (κ3) is 4.02. The smallest absolute Gasteiger partial charge is 0.253 e. The number of hydrogen-bond donors (Lipinski definition) is 0. The first kappa shape index (κ1) is 18.5. The van der Waals surface area contributed by atoms with Crippen molar-refractivity contribution in [3.05, 3.63) is 59.2 Å². The van der Waals surface area contributed by atoms with Gasteiger partial charge in [0.2, 0.25) is 0 Å². The quantitative estimate of drug-likeness (QED) is 0.763. The zero-order chi connectivity index (χ0) is 19.5. The summed E-state index contributed by atoms with van der Waals surface area (Å²) < 4.78 is 11.1. The van der Waals surface area contributed by atoms with E-state index in [0.29, 0.717) is 68.6 Å². The van der Waals surface area contributed by atoms with Gasteiger partial charge in [-0.1, -0.05) is 17.7 Å². The summed E-state index contributed by atoms with van der Waals surface area (Å²) >= 11 is 0. The third-order valence-corrected chi connectivity index (χ3v) is 5.19. The summed E-state index contributed by atoms with van der Waals surface area (Å²) in [7, 11) is 0. The van der Waals surface area contributed by atoms with Gasteiger partial charge in [0.05, 0.1) is 6.54 Å². The van der Waals surface area contributed by atoms with Crippen LogP contribution in [0.2, 0.25) is 0 Å². The lowest BCUT2D eigenvalue weighted by Crippen LogP contribution is -2.49. The van der Waals surface area contributed by atoms with Gasteiger partial charge in [0.25, 0.3) is 5.91 Å². The molecule has 6 nitrogen and oxygen atoms in total. The Balaban J connectivity index is 1.32. The number of nitrogens with zero attached hydrogens (tertiary/aromatic N) is 2. The Hall–Kier alpha value is -2.86. The molecule has 0 N–H and O–H groups in total. The number of ketones is 1. The van der Waals surface area contributed by atoms with Crippen LogP contribution in [-0.4, -0.2) is 67.4 Å². The molecule has 0 unspecified atom stereocenters. The van der Waals surface area contributed by atoms with E-state index >= 15 is 0 Å². The van der Waals surface area contributed by atoms with Crippen molar-refractivity contribution >= 4 is 11.7 Å². The predicted molar refractivity (Wildman–Crippen MR) is 105 cm³/mol. The van der Waals surface area contributed by atoms with Crippen LogP contribution in [0.25, 0.3) is 0 Å². The molecule has 2 aromatic rings. The molecule has 0 radical (unpaired) electrons. The SMILES string of the molecule is Cc1ccc(C(=O)N2CCN(CC(=O)c3ccc4c(c3)OCCO4)CC2)cc1. The van der Waals surface area contributed by atoms with E-state index in [2.05, 4.69) is 4.90 Å². The van der Waals surface area contributed by atoms with Crippen LogP contribution in [0.4, 0.5) is 0 Å². The minimum atomic E-state index is 0.0512. The van der Waals surface area contributed by atoms with Crippen molar-refractivity contribution in [3.8, 4) is 11.5 Å². The Kier molecular flexibility index (Phi) is 5.30. The Bertz CT molecular complexity index is 871. The molecular formula is C22H24N2O4. The van der Waals surface area contributed by atoms with Crippen LogP contribution in [-0.2, 0) is 0 Å². The van der Waals surface area contributed by atoms with Crippen molar-refractivity contribution in [2.75, 3.05) is 45.9 Å². The van der Waals surface area contributed by atoms with E-state index in [0.717, 1.165) is 5.56 Å². The van der Waals surface area contributed by atoms with Crippen LogP contribution in [0.5, 0.6) is 11.5 Å². The van der Waals surface area contributed by atoms with E-state index < -0.39 is 0 Å². The maximum Gasteiger partial charge on any atom is 0.253 e. The van der Waals surface area contributed by atoms with Gasteiger partial charge in [-0.2, -0.15) is 0 Å². The van der Waals surface area contributed by atoms with Crippen LogP contribution in [0.15, 0.2) is 42.5 Å². The largest absolute Gasteiger partial charge is 0.486 e. The first-order valence-corrected chi connectivity index (χ1v) is 9.61. The van der Waals surface area contributed by atoms with Crippen molar-refractivity contribution in [1.82, 2.24) is 9.80 Å². The molecule has 0 bridgehead atoms. The molecular weight excluding hydrogens is 356 g/mol. The molecule has 0 atom stereocenters. The predicted octanol–water partition coefficient (Wildman–Crippen LogP) is 2.41. The number of aryl methyl sites for hydroxylation is 1. The number of carbonyl (C=O) groups excluding carboxylic acids is 2. The monoisotopic (exact) mass is 380 g/mol. The second-order valence-corrected chi connectivity index (χ2v) is 7.22. The summed E-state index contributed by atoms with van der Waals surface area (Å²) in [5, 5.41) is 0. The second-order valence-electron chi connectivity index (χ2n) is 7.22. The van der Waals surface area contributed by atoms with E-state index in [1.807, 2.05) is 36.1 Å². The fourth-order valence-corrected chi connectivity index (χ4v) is 3.50. The second kappa shape index (κ2) is 8.02. The number of amides is 1. The Morgan fingerprint density at radius 2 is 1.50 bits per heavy atom. The molecule has 2 heterocycles. The average Bonchev–Trinajstić information content (AvgIpc) is 2.74. The minimum absolute atomic E-state index is 0.0512. The number of piperazine rings is 1. The molecule has 146 valence electrons. The number of Topliss-reactive ketones (excluding diaryl/α,β-unsaturated/α-hetero) is 1. The first-order valence-electron chi connectivity index (χ1n) is 9.61. The Morgan fingerprint density at radius 1 is 0.857 bits per heavy atom. The number of hydrogen-bond acceptors (Lipinski definition) is 5. The molecule has 2 aliphatic rings. The van der Waals surface area contributed by atoms with Gasteiger partial charge in [0.15, 0.2) is 17.3 Å². The van der Waals surface area contributed by atoms with Crippen LogP contribution < -0.4 is 9.47 Å². The van der Waals surface area contributed by atoms with Crippen molar-refractivity contribution in [3.63, 3.8) is 0 Å². The molecule has 0 saturated carbocycles. The molecule has 1 saturated heterocycles. The van der Waals surface area contributed by atoms with Gasteiger partial charge in [-0.3, -0.25) is 14.5 Å². The highest BCUT2D eigenvalue weighted by atomic mass is 16.6. The van der Waals surface area contributed by atoms with Crippen LogP contribution in [0, 0.1) is 6.92 Å². The maximum atomic E-state index is 12.6. The molecule has 0 spiro atoms. The number of rotatable bonds is 4. The number of fused-ring (bicyclic) bond motifs is 1. The lowest BCUT2D eigenvalue weighted by Gasteiger charge is -2.34. The highest BCUT2D eigenvalue weighted by Gasteiger charge is 2.24. The van der Waals surface area contributed by atoms with Crippen LogP contribution >= 0.6 is 0 Å². The van der Waals surface area contributed by atoms with Gasteiger partial charge in [-0.05, 0) is 37.3 Å². The topological polar surface area (TPSA) is 59.1 Å². The van der Waals surface area contributed by atoms with Gasteiger partial charge in [0, 0.05) is 37.3 Å². The molecule has 6 heteroatoms. The van der Waals surface area contributed by atoms with Crippen molar-refractivity contribution in [1.29, 1.82) is 0 Å². The lowest BCUT2D eigenvalue weighted by atomic mass is 10.1. The molecule has 2 aromatic carbocycles. The first-order chi connectivity index (χ1) is 13.6.